The van der Waals surface area contributed by atoms with Crippen molar-refractivity contribution in [2.24, 2.45) is 5.92 Å². The van der Waals surface area contributed by atoms with E-state index in [0.717, 1.165) is 62.2 Å². The number of ether oxygens (including phenoxy) is 1. The summed E-state index contributed by atoms with van der Waals surface area (Å²) < 4.78 is 7.02. The van der Waals surface area contributed by atoms with Gasteiger partial charge in [-0.1, -0.05) is 19.3 Å². The number of hydrogen-bond acceptors (Lipinski definition) is 6. The van der Waals surface area contributed by atoms with Gasteiger partial charge in [-0.25, -0.2) is 9.78 Å². The van der Waals surface area contributed by atoms with E-state index in [2.05, 4.69) is 4.90 Å². The maximum absolute atomic E-state index is 13.3. The SMILES string of the molecule is CCOC(=O)N1CCN([C@@H]2CCc3c(sc4ncn(CC5CCCCC5)c(=O)c34)C2)CC1. The number of piperazine rings is 1. The van der Waals surface area contributed by atoms with Crippen molar-refractivity contribution in [2.45, 2.75) is 70.9 Å². The van der Waals surface area contributed by atoms with E-state index in [1.54, 1.807) is 17.7 Å². The number of carbonyl (C=O) groups excluding carboxylic acids is 1. The van der Waals surface area contributed by atoms with Crippen molar-refractivity contribution in [1.82, 2.24) is 19.4 Å². The van der Waals surface area contributed by atoms with Crippen molar-refractivity contribution in [1.29, 1.82) is 0 Å². The minimum absolute atomic E-state index is 0.166. The summed E-state index contributed by atoms with van der Waals surface area (Å²) in [5.41, 5.74) is 1.42. The third kappa shape index (κ3) is 4.31. The lowest BCUT2D eigenvalue weighted by atomic mass is 9.89. The van der Waals surface area contributed by atoms with Gasteiger partial charge < -0.3 is 9.64 Å². The fourth-order valence-corrected chi connectivity index (χ4v) is 7.01. The average molecular weight is 459 g/mol. The molecule has 0 radical (unpaired) electrons. The lowest BCUT2D eigenvalue weighted by Gasteiger charge is -2.40. The first-order chi connectivity index (χ1) is 15.6. The van der Waals surface area contributed by atoms with E-state index in [0.29, 0.717) is 18.6 Å². The minimum Gasteiger partial charge on any atom is -0.450 e. The van der Waals surface area contributed by atoms with Gasteiger partial charge in [-0.05, 0) is 50.5 Å². The Hall–Kier alpha value is -1.93. The zero-order chi connectivity index (χ0) is 22.1. The van der Waals surface area contributed by atoms with Crippen LogP contribution >= 0.6 is 11.3 Å². The highest BCUT2D eigenvalue weighted by Gasteiger charge is 2.31. The molecule has 8 heteroatoms. The Morgan fingerprint density at radius 2 is 1.94 bits per heavy atom. The maximum atomic E-state index is 13.3. The van der Waals surface area contributed by atoms with Gasteiger partial charge in [-0.3, -0.25) is 14.3 Å². The molecule has 1 atom stereocenters. The summed E-state index contributed by atoms with van der Waals surface area (Å²) in [6.07, 6.45) is 11.0. The van der Waals surface area contributed by atoms with Crippen LogP contribution in [0.25, 0.3) is 10.2 Å². The van der Waals surface area contributed by atoms with Crippen LogP contribution < -0.4 is 5.56 Å². The molecule has 32 heavy (non-hydrogen) atoms. The van der Waals surface area contributed by atoms with Gasteiger partial charge in [0.2, 0.25) is 0 Å². The van der Waals surface area contributed by atoms with E-state index in [4.69, 9.17) is 9.72 Å². The molecule has 0 aromatic carbocycles. The van der Waals surface area contributed by atoms with Crippen LogP contribution in [-0.4, -0.2) is 64.3 Å². The van der Waals surface area contributed by atoms with E-state index >= 15 is 0 Å². The van der Waals surface area contributed by atoms with Gasteiger partial charge >= 0.3 is 6.09 Å². The summed E-state index contributed by atoms with van der Waals surface area (Å²) in [6, 6.07) is 0.476. The summed E-state index contributed by atoms with van der Waals surface area (Å²) in [6.45, 7) is 6.31. The molecule has 2 aromatic rings. The van der Waals surface area contributed by atoms with Crippen LogP contribution in [0.15, 0.2) is 11.1 Å². The van der Waals surface area contributed by atoms with Crippen molar-refractivity contribution in [2.75, 3.05) is 32.8 Å². The zero-order valence-electron chi connectivity index (χ0n) is 19.1. The van der Waals surface area contributed by atoms with E-state index in [-0.39, 0.29) is 11.7 Å². The average Bonchev–Trinajstić information content (AvgIpc) is 3.20. The maximum Gasteiger partial charge on any atom is 0.409 e. The summed E-state index contributed by atoms with van der Waals surface area (Å²) in [4.78, 5) is 36.6. The van der Waals surface area contributed by atoms with Gasteiger partial charge in [0.15, 0.2) is 0 Å². The molecule has 0 spiro atoms. The molecule has 1 aliphatic heterocycles. The Kier molecular flexibility index (Phi) is 6.51. The van der Waals surface area contributed by atoms with Crippen molar-refractivity contribution in [3.05, 3.63) is 27.1 Å². The van der Waals surface area contributed by atoms with E-state index in [1.807, 2.05) is 16.4 Å². The largest absolute Gasteiger partial charge is 0.450 e. The highest BCUT2D eigenvalue weighted by Crippen LogP contribution is 2.35. The Balaban J connectivity index is 1.28. The number of thiophene rings is 1. The highest BCUT2D eigenvalue weighted by atomic mass is 32.1. The molecule has 7 nitrogen and oxygen atoms in total. The smallest absolute Gasteiger partial charge is 0.409 e. The quantitative estimate of drug-likeness (QED) is 0.699. The Labute approximate surface area is 193 Å². The van der Waals surface area contributed by atoms with Crippen LogP contribution in [0.2, 0.25) is 0 Å². The van der Waals surface area contributed by atoms with Gasteiger partial charge in [0.1, 0.15) is 4.83 Å². The third-order valence-corrected chi connectivity index (χ3v) is 8.71. The van der Waals surface area contributed by atoms with Gasteiger partial charge in [0.25, 0.3) is 5.56 Å². The molecular formula is C24H34N4O3S. The van der Waals surface area contributed by atoms with Crippen LogP contribution in [0.1, 0.15) is 55.9 Å². The first-order valence-corrected chi connectivity index (χ1v) is 13.1. The molecule has 1 saturated carbocycles. The molecule has 2 aromatic heterocycles. The molecule has 2 fully saturated rings. The summed E-state index contributed by atoms with van der Waals surface area (Å²) in [5, 5.41) is 0.883. The van der Waals surface area contributed by atoms with Gasteiger partial charge in [-0.2, -0.15) is 0 Å². The predicted octanol–water partition coefficient (Wildman–Crippen LogP) is 3.67. The molecule has 1 saturated heterocycles. The Bertz CT molecular complexity index is 1020. The third-order valence-electron chi connectivity index (χ3n) is 7.55. The molecule has 0 bridgehead atoms. The molecular weight excluding hydrogens is 424 g/mol. The predicted molar refractivity (Wildman–Crippen MR) is 126 cm³/mol. The molecule has 174 valence electrons. The number of hydrogen-bond donors (Lipinski definition) is 0. The second kappa shape index (κ2) is 9.51. The Morgan fingerprint density at radius 1 is 1.16 bits per heavy atom. The summed E-state index contributed by atoms with van der Waals surface area (Å²) >= 11 is 1.71. The number of aryl methyl sites for hydroxylation is 1. The van der Waals surface area contributed by atoms with Gasteiger partial charge in [0.05, 0.1) is 18.3 Å². The van der Waals surface area contributed by atoms with Crippen molar-refractivity contribution < 1.29 is 9.53 Å². The minimum atomic E-state index is -0.196. The molecule has 1 amide bonds. The van der Waals surface area contributed by atoms with E-state index < -0.39 is 0 Å². The highest BCUT2D eigenvalue weighted by molar-refractivity contribution is 7.18. The first-order valence-electron chi connectivity index (χ1n) is 12.3. The number of nitrogens with zero attached hydrogens (tertiary/aromatic N) is 4. The van der Waals surface area contributed by atoms with E-state index in [9.17, 15) is 9.59 Å². The topological polar surface area (TPSA) is 67.7 Å². The van der Waals surface area contributed by atoms with Crippen LogP contribution in [0.3, 0.4) is 0 Å². The molecule has 0 unspecified atom stereocenters. The number of rotatable bonds is 4. The molecule has 2 aliphatic carbocycles. The molecule has 5 rings (SSSR count). The second-order valence-corrected chi connectivity index (χ2v) is 10.6. The van der Waals surface area contributed by atoms with E-state index in [1.165, 1.54) is 42.5 Å². The first kappa shape index (κ1) is 21.9. The fraction of sp³-hybridized carbons (Fsp3) is 0.708. The van der Waals surface area contributed by atoms with Gasteiger partial charge in [-0.15, -0.1) is 11.3 Å². The lowest BCUT2D eigenvalue weighted by Crippen LogP contribution is -2.53. The molecule has 3 aliphatic rings. The Morgan fingerprint density at radius 3 is 2.69 bits per heavy atom. The normalized spacial score (nSPS) is 22.8. The lowest BCUT2D eigenvalue weighted by molar-refractivity contribution is 0.0635. The number of aromatic nitrogens is 2. The van der Waals surface area contributed by atoms with Gasteiger partial charge in [0, 0.05) is 43.6 Å². The monoisotopic (exact) mass is 458 g/mol. The van der Waals surface area contributed by atoms with Crippen molar-refractivity contribution >= 4 is 27.6 Å². The molecule has 0 N–H and O–H groups in total. The summed E-state index contributed by atoms with van der Waals surface area (Å²) in [5.74, 6) is 0.618. The van der Waals surface area contributed by atoms with Crippen molar-refractivity contribution in [3.63, 3.8) is 0 Å². The van der Waals surface area contributed by atoms with Crippen LogP contribution in [0.4, 0.5) is 4.79 Å². The standard InChI is InChI=1S/C24H34N4O3S/c1-2-31-24(30)27-12-10-26(11-13-27)18-8-9-19-20(14-18)32-22-21(19)23(29)28(16-25-22)15-17-6-4-3-5-7-17/h16-18H,2-15H2,1H3/t18-/m1/s1. The zero-order valence-corrected chi connectivity index (χ0v) is 19.9. The fourth-order valence-electron chi connectivity index (χ4n) is 5.76. The molecule has 3 heterocycles. The number of amides is 1. The van der Waals surface area contributed by atoms with Crippen LogP contribution in [-0.2, 0) is 24.1 Å². The number of fused-ring (bicyclic) bond motifs is 3. The van der Waals surface area contributed by atoms with Crippen LogP contribution in [0, 0.1) is 5.92 Å². The second-order valence-electron chi connectivity index (χ2n) is 9.51. The van der Waals surface area contributed by atoms with Crippen LogP contribution in [0.5, 0.6) is 0 Å². The summed E-state index contributed by atoms with van der Waals surface area (Å²) in [7, 11) is 0. The number of carbonyl (C=O) groups is 1. The van der Waals surface area contributed by atoms with Crippen molar-refractivity contribution in [3.8, 4) is 0 Å².